The second kappa shape index (κ2) is 10.9. The zero-order valence-electron chi connectivity index (χ0n) is 26.9. The molecule has 0 radical (unpaired) electrons. The molecule has 11 aromatic rings. The molecule has 0 fully saturated rings. The van der Waals surface area contributed by atoms with Crippen LogP contribution in [-0.4, -0.2) is 19.9 Å². The van der Waals surface area contributed by atoms with E-state index in [2.05, 4.69) is 54.6 Å². The van der Waals surface area contributed by atoms with Crippen LogP contribution in [0.2, 0.25) is 0 Å². The van der Waals surface area contributed by atoms with Crippen molar-refractivity contribution >= 4 is 75.3 Å². The zero-order chi connectivity index (χ0) is 33.5. The van der Waals surface area contributed by atoms with Crippen LogP contribution in [0.5, 0.6) is 0 Å². The number of furan rings is 1. The van der Waals surface area contributed by atoms with Gasteiger partial charge < -0.3 is 8.83 Å². The van der Waals surface area contributed by atoms with Gasteiger partial charge in [-0.15, -0.1) is 11.3 Å². The van der Waals surface area contributed by atoms with E-state index in [1.165, 1.54) is 4.70 Å². The number of aromatic nitrogens is 4. The number of rotatable bonds is 4. The standard InChI is InChI=1S/C44H24N4O2S/c1-3-9-26(10-4-1)41-46-42(48-43(47-41)29-17-19-31-30-13-7-8-14-33(30)49-35(31)24-29)28-16-15-25-18-21-36-38(32(25)23-28)39-37(51-36)22-20-34-40(39)45-44(50-34)27-11-5-2-6-12-27/h1-24H. The smallest absolute Gasteiger partial charge is 0.227 e. The molecule has 11 rings (SSSR count). The molecular weight excluding hydrogens is 649 g/mol. The van der Waals surface area contributed by atoms with Crippen molar-refractivity contribution in [2.45, 2.75) is 0 Å². The van der Waals surface area contributed by atoms with Gasteiger partial charge in [0.1, 0.15) is 16.7 Å². The van der Waals surface area contributed by atoms with Crippen LogP contribution >= 0.6 is 11.3 Å². The number of oxazole rings is 1. The summed E-state index contributed by atoms with van der Waals surface area (Å²) in [6.45, 7) is 0. The number of nitrogens with zero attached hydrogens (tertiary/aromatic N) is 4. The van der Waals surface area contributed by atoms with Crippen molar-refractivity contribution in [3.05, 3.63) is 146 Å². The van der Waals surface area contributed by atoms with Gasteiger partial charge in [-0.2, -0.15) is 0 Å². The van der Waals surface area contributed by atoms with Gasteiger partial charge in [-0.25, -0.2) is 19.9 Å². The van der Waals surface area contributed by atoms with Gasteiger partial charge in [0.15, 0.2) is 23.1 Å². The summed E-state index contributed by atoms with van der Waals surface area (Å²) in [6, 6.07) is 49.4. The Labute approximate surface area is 294 Å². The van der Waals surface area contributed by atoms with Gasteiger partial charge in [0.25, 0.3) is 0 Å². The first-order chi connectivity index (χ1) is 25.2. The van der Waals surface area contributed by atoms with Crippen molar-refractivity contribution in [2.24, 2.45) is 0 Å². The van der Waals surface area contributed by atoms with Gasteiger partial charge in [-0.3, -0.25) is 0 Å². The predicted octanol–water partition coefficient (Wildman–Crippen LogP) is 12.1. The predicted molar refractivity (Wildman–Crippen MR) is 207 cm³/mol. The topological polar surface area (TPSA) is 77.8 Å². The lowest BCUT2D eigenvalue weighted by Gasteiger charge is -2.10. The summed E-state index contributed by atoms with van der Waals surface area (Å²) >= 11 is 1.77. The van der Waals surface area contributed by atoms with Crippen LogP contribution in [0.3, 0.4) is 0 Å². The second-order valence-corrected chi connectivity index (χ2v) is 13.7. The Morgan fingerprint density at radius 2 is 1.02 bits per heavy atom. The maximum absolute atomic E-state index is 6.30. The molecule has 0 saturated carbocycles. The molecule has 0 aliphatic rings. The van der Waals surface area contributed by atoms with E-state index in [1.54, 1.807) is 11.3 Å². The first-order valence-electron chi connectivity index (χ1n) is 16.7. The molecule has 0 spiro atoms. The van der Waals surface area contributed by atoms with Crippen molar-refractivity contribution < 1.29 is 8.83 Å². The lowest BCUT2D eigenvalue weighted by molar-refractivity contribution is 0.620. The third-order valence-electron chi connectivity index (χ3n) is 9.56. The van der Waals surface area contributed by atoms with Gasteiger partial charge in [0.2, 0.25) is 5.89 Å². The molecule has 4 aromatic heterocycles. The monoisotopic (exact) mass is 672 g/mol. The summed E-state index contributed by atoms with van der Waals surface area (Å²) in [5.41, 5.74) is 6.91. The van der Waals surface area contributed by atoms with Crippen LogP contribution < -0.4 is 0 Å². The van der Waals surface area contributed by atoms with Crippen molar-refractivity contribution in [1.29, 1.82) is 0 Å². The molecule has 0 N–H and O–H groups in total. The van der Waals surface area contributed by atoms with Crippen LogP contribution in [0.1, 0.15) is 0 Å². The zero-order valence-corrected chi connectivity index (χ0v) is 27.7. The first-order valence-corrected chi connectivity index (χ1v) is 17.5. The maximum Gasteiger partial charge on any atom is 0.227 e. The summed E-state index contributed by atoms with van der Waals surface area (Å²) in [5, 5.41) is 6.64. The lowest BCUT2D eigenvalue weighted by atomic mass is 10.0. The molecule has 0 aliphatic carbocycles. The van der Waals surface area contributed by atoms with E-state index >= 15 is 0 Å². The maximum atomic E-state index is 6.30. The normalized spacial score (nSPS) is 11.9. The van der Waals surface area contributed by atoms with Crippen LogP contribution in [0, 0.1) is 0 Å². The molecule has 0 saturated heterocycles. The van der Waals surface area contributed by atoms with Crippen LogP contribution in [0.25, 0.3) is 110 Å². The number of fused-ring (bicyclic) bond motifs is 10. The number of hydrogen-bond acceptors (Lipinski definition) is 7. The minimum absolute atomic E-state index is 0.582. The lowest BCUT2D eigenvalue weighted by Crippen LogP contribution is -2.00. The van der Waals surface area contributed by atoms with E-state index in [4.69, 9.17) is 28.8 Å². The quantitative estimate of drug-likeness (QED) is 0.185. The third kappa shape index (κ3) is 4.49. The Morgan fingerprint density at radius 1 is 0.392 bits per heavy atom. The molecular formula is C44H24N4O2S. The van der Waals surface area contributed by atoms with E-state index < -0.39 is 0 Å². The Kier molecular flexibility index (Phi) is 6.02. The highest BCUT2D eigenvalue weighted by Crippen LogP contribution is 2.43. The average molecular weight is 673 g/mol. The fraction of sp³-hybridized carbons (Fsp3) is 0. The minimum Gasteiger partial charge on any atom is -0.456 e. The van der Waals surface area contributed by atoms with E-state index in [0.717, 1.165) is 81.5 Å². The summed E-state index contributed by atoms with van der Waals surface area (Å²) in [5.74, 6) is 2.40. The molecule has 0 aliphatic heterocycles. The molecule has 238 valence electrons. The number of hydrogen-bond donors (Lipinski definition) is 0. The molecule has 6 nitrogen and oxygen atoms in total. The summed E-state index contributed by atoms with van der Waals surface area (Å²) < 4.78 is 14.9. The molecule has 0 unspecified atom stereocenters. The van der Waals surface area contributed by atoms with Crippen LogP contribution in [0.15, 0.2) is 154 Å². The fourth-order valence-electron chi connectivity index (χ4n) is 7.12. The SMILES string of the molecule is c1ccc(-c2nc(-c3ccc4c(c3)oc3ccccc34)nc(-c3ccc4ccc5sc6ccc7oc(-c8ccccc8)nc7c6c5c4c3)n2)cc1. The summed E-state index contributed by atoms with van der Waals surface area (Å²) in [6.07, 6.45) is 0. The minimum atomic E-state index is 0.582. The Hall–Kier alpha value is -6.70. The molecule has 7 heteroatoms. The van der Waals surface area contributed by atoms with Crippen molar-refractivity contribution in [3.63, 3.8) is 0 Å². The highest BCUT2D eigenvalue weighted by Gasteiger charge is 2.19. The van der Waals surface area contributed by atoms with E-state index in [0.29, 0.717) is 23.4 Å². The summed E-state index contributed by atoms with van der Waals surface area (Å²) in [4.78, 5) is 20.2. The van der Waals surface area contributed by atoms with Gasteiger partial charge in [-0.05, 0) is 65.4 Å². The fourth-order valence-corrected chi connectivity index (χ4v) is 8.25. The van der Waals surface area contributed by atoms with E-state index in [9.17, 15) is 0 Å². The first kappa shape index (κ1) is 28.2. The molecule has 0 amide bonds. The third-order valence-corrected chi connectivity index (χ3v) is 10.7. The van der Waals surface area contributed by atoms with Gasteiger partial charge in [0, 0.05) is 53.2 Å². The van der Waals surface area contributed by atoms with Crippen molar-refractivity contribution in [2.75, 3.05) is 0 Å². The highest BCUT2D eigenvalue weighted by atomic mass is 32.1. The number of thiophene rings is 1. The number of benzene rings is 7. The largest absolute Gasteiger partial charge is 0.456 e. The Bertz CT molecular complexity index is 3150. The van der Waals surface area contributed by atoms with E-state index in [-0.39, 0.29) is 0 Å². The van der Waals surface area contributed by atoms with E-state index in [1.807, 2.05) is 91.0 Å². The van der Waals surface area contributed by atoms with Crippen molar-refractivity contribution in [3.8, 4) is 45.6 Å². The Balaban J connectivity index is 1.13. The van der Waals surface area contributed by atoms with Crippen LogP contribution in [-0.2, 0) is 0 Å². The van der Waals surface area contributed by atoms with Gasteiger partial charge >= 0.3 is 0 Å². The molecule has 7 aromatic carbocycles. The van der Waals surface area contributed by atoms with Gasteiger partial charge in [0.05, 0.1) is 0 Å². The Morgan fingerprint density at radius 3 is 1.84 bits per heavy atom. The molecule has 4 heterocycles. The molecule has 0 atom stereocenters. The highest BCUT2D eigenvalue weighted by molar-refractivity contribution is 7.26. The molecule has 51 heavy (non-hydrogen) atoms. The molecule has 0 bridgehead atoms. The average Bonchev–Trinajstić information content (AvgIpc) is 3.91. The van der Waals surface area contributed by atoms with Gasteiger partial charge in [-0.1, -0.05) is 91.0 Å². The second-order valence-electron chi connectivity index (χ2n) is 12.6. The van der Waals surface area contributed by atoms with Crippen molar-refractivity contribution in [1.82, 2.24) is 19.9 Å². The summed E-state index contributed by atoms with van der Waals surface area (Å²) in [7, 11) is 0. The van der Waals surface area contributed by atoms with Crippen LogP contribution in [0.4, 0.5) is 0 Å². The number of para-hydroxylation sites is 1.